The Hall–Kier alpha value is -2.67. The summed E-state index contributed by atoms with van der Waals surface area (Å²) in [7, 11) is 0. The molecule has 0 bridgehead atoms. The van der Waals surface area contributed by atoms with Gasteiger partial charge in [-0.15, -0.1) is 10.2 Å². The molecule has 0 aliphatic heterocycles. The highest BCUT2D eigenvalue weighted by molar-refractivity contribution is 5.64. The molecule has 0 unspecified atom stereocenters. The van der Waals surface area contributed by atoms with Gasteiger partial charge in [-0.05, 0) is 35.7 Å². The molecule has 2 N–H and O–H groups in total. The lowest BCUT2D eigenvalue weighted by Gasteiger charge is -2.10. The van der Waals surface area contributed by atoms with E-state index in [1.54, 1.807) is 0 Å². The highest BCUT2D eigenvalue weighted by Gasteiger charge is 2.29. The summed E-state index contributed by atoms with van der Waals surface area (Å²) < 4.78 is 39.8. The quantitative estimate of drug-likeness (QED) is 0.782. The molecule has 0 saturated heterocycles. The summed E-state index contributed by atoms with van der Waals surface area (Å²) in [5, 5.41) is 8.04. The Bertz CT molecular complexity index is 850. The Kier molecular flexibility index (Phi) is 4.59. The maximum absolute atomic E-state index is 12.6. The highest BCUT2D eigenvalue weighted by Crippen LogP contribution is 2.31. The Labute approximate surface area is 143 Å². The maximum atomic E-state index is 12.6. The van der Waals surface area contributed by atoms with Gasteiger partial charge in [-0.1, -0.05) is 36.4 Å². The van der Waals surface area contributed by atoms with E-state index < -0.39 is 11.7 Å². The molecule has 1 heterocycles. The van der Waals surface area contributed by atoms with Crippen molar-refractivity contribution in [1.82, 2.24) is 14.8 Å². The van der Waals surface area contributed by atoms with Gasteiger partial charge < -0.3 is 10.3 Å². The van der Waals surface area contributed by atoms with Crippen LogP contribution in [0.25, 0.3) is 11.1 Å². The number of hydrogen-bond donors (Lipinski definition) is 1. The second-order valence-corrected chi connectivity index (χ2v) is 5.73. The van der Waals surface area contributed by atoms with Crippen LogP contribution < -0.4 is 5.73 Å². The van der Waals surface area contributed by atoms with Crippen LogP contribution >= 0.6 is 0 Å². The van der Waals surface area contributed by atoms with Crippen LogP contribution in [-0.2, 0) is 19.3 Å². The average Bonchev–Trinajstić information content (AvgIpc) is 2.95. The van der Waals surface area contributed by atoms with Gasteiger partial charge in [-0.25, -0.2) is 0 Å². The third-order valence-corrected chi connectivity index (χ3v) is 4.04. The van der Waals surface area contributed by atoms with E-state index in [0.29, 0.717) is 18.9 Å². The van der Waals surface area contributed by atoms with Crippen LogP contribution in [0.15, 0.2) is 48.5 Å². The molecule has 0 aliphatic rings. The number of aromatic nitrogens is 3. The predicted octanol–water partition coefficient (Wildman–Crippen LogP) is 3.78. The van der Waals surface area contributed by atoms with Gasteiger partial charge in [0.1, 0.15) is 11.6 Å². The molecule has 25 heavy (non-hydrogen) atoms. The number of aryl methyl sites for hydroxylation is 1. The number of nitrogens with two attached hydrogens (primary N) is 1. The molecule has 2 aromatic carbocycles. The fraction of sp³-hybridized carbons (Fsp3) is 0.222. The first-order valence-electron chi connectivity index (χ1n) is 7.74. The Balaban J connectivity index is 1.79. The molecule has 0 spiro atoms. The van der Waals surface area contributed by atoms with E-state index in [9.17, 15) is 13.2 Å². The molecule has 130 valence electrons. The molecular weight excluding hydrogens is 329 g/mol. The fourth-order valence-corrected chi connectivity index (χ4v) is 2.62. The average molecular weight is 346 g/mol. The zero-order chi connectivity index (χ0) is 18.0. The van der Waals surface area contributed by atoms with E-state index in [0.717, 1.165) is 34.6 Å². The number of halogens is 3. The van der Waals surface area contributed by atoms with Gasteiger partial charge in [0.2, 0.25) is 0 Å². The number of nitrogens with zero attached hydrogens (tertiary/aromatic N) is 3. The Morgan fingerprint density at radius 3 is 2.00 bits per heavy atom. The van der Waals surface area contributed by atoms with Crippen LogP contribution in [0.1, 0.15) is 22.8 Å². The molecular formula is C18H17F3N4. The molecule has 4 nitrogen and oxygen atoms in total. The maximum Gasteiger partial charge on any atom is 0.416 e. The van der Waals surface area contributed by atoms with E-state index in [4.69, 9.17) is 5.73 Å². The molecule has 0 atom stereocenters. The van der Waals surface area contributed by atoms with Crippen LogP contribution in [0, 0.1) is 6.92 Å². The normalized spacial score (nSPS) is 11.7. The van der Waals surface area contributed by atoms with E-state index in [1.807, 2.05) is 35.8 Å². The first-order chi connectivity index (χ1) is 11.9. The fourth-order valence-electron chi connectivity index (χ4n) is 2.62. The molecule has 0 saturated carbocycles. The van der Waals surface area contributed by atoms with Crippen molar-refractivity contribution in [2.75, 3.05) is 0 Å². The van der Waals surface area contributed by atoms with Crippen molar-refractivity contribution >= 4 is 0 Å². The summed E-state index contributed by atoms with van der Waals surface area (Å²) in [5.74, 6) is 1.50. The molecule has 0 fully saturated rings. The minimum absolute atomic E-state index is 0.310. The third-order valence-electron chi connectivity index (χ3n) is 4.04. The minimum atomic E-state index is -4.32. The van der Waals surface area contributed by atoms with Crippen LogP contribution in [0.5, 0.6) is 0 Å². The lowest BCUT2D eigenvalue weighted by atomic mass is 10.0. The highest BCUT2D eigenvalue weighted by atomic mass is 19.4. The molecule has 0 amide bonds. The van der Waals surface area contributed by atoms with E-state index in [1.165, 1.54) is 12.1 Å². The summed E-state index contributed by atoms with van der Waals surface area (Å²) in [6.07, 6.45) is -4.32. The predicted molar refractivity (Wildman–Crippen MR) is 88.6 cm³/mol. The van der Waals surface area contributed by atoms with Crippen LogP contribution in [-0.4, -0.2) is 14.8 Å². The number of benzene rings is 2. The number of rotatable bonds is 4. The van der Waals surface area contributed by atoms with E-state index >= 15 is 0 Å². The summed E-state index contributed by atoms with van der Waals surface area (Å²) in [6.45, 7) is 2.77. The number of hydrogen-bond acceptors (Lipinski definition) is 3. The van der Waals surface area contributed by atoms with Crippen LogP contribution in [0.2, 0.25) is 0 Å². The van der Waals surface area contributed by atoms with Crippen LogP contribution in [0.4, 0.5) is 13.2 Å². The lowest BCUT2D eigenvalue weighted by Crippen LogP contribution is -2.10. The van der Waals surface area contributed by atoms with E-state index in [2.05, 4.69) is 10.2 Å². The standard InChI is InChI=1S/C18H17F3N4/c1-12-23-24-17(10-22)25(12)11-13-2-4-14(5-3-13)15-6-8-16(9-7-15)18(19,20)21/h2-9H,10-11,22H2,1H3. The second kappa shape index (κ2) is 6.68. The second-order valence-electron chi connectivity index (χ2n) is 5.73. The van der Waals surface area contributed by atoms with Gasteiger partial charge in [0.05, 0.1) is 18.7 Å². The largest absolute Gasteiger partial charge is 0.416 e. The summed E-state index contributed by atoms with van der Waals surface area (Å²) >= 11 is 0. The molecule has 3 rings (SSSR count). The van der Waals surface area contributed by atoms with Crippen molar-refractivity contribution in [2.45, 2.75) is 26.2 Å². The van der Waals surface area contributed by atoms with Gasteiger partial charge >= 0.3 is 6.18 Å². The molecule has 7 heteroatoms. The summed E-state index contributed by atoms with van der Waals surface area (Å²) in [4.78, 5) is 0. The summed E-state index contributed by atoms with van der Waals surface area (Å²) in [6, 6.07) is 12.8. The van der Waals surface area contributed by atoms with Gasteiger partial charge in [-0.2, -0.15) is 13.2 Å². The van der Waals surface area contributed by atoms with Crippen molar-refractivity contribution in [3.8, 4) is 11.1 Å². The van der Waals surface area contributed by atoms with Crippen molar-refractivity contribution < 1.29 is 13.2 Å². The van der Waals surface area contributed by atoms with Crippen LogP contribution in [0.3, 0.4) is 0 Å². The zero-order valence-corrected chi connectivity index (χ0v) is 13.6. The van der Waals surface area contributed by atoms with E-state index in [-0.39, 0.29) is 0 Å². The summed E-state index contributed by atoms with van der Waals surface area (Å²) in [5.41, 5.74) is 7.64. The van der Waals surface area contributed by atoms with Crippen molar-refractivity contribution in [3.05, 3.63) is 71.3 Å². The topological polar surface area (TPSA) is 56.7 Å². The molecule has 1 aromatic heterocycles. The Morgan fingerprint density at radius 1 is 0.920 bits per heavy atom. The molecule has 3 aromatic rings. The number of alkyl halides is 3. The first-order valence-corrected chi connectivity index (χ1v) is 7.74. The monoisotopic (exact) mass is 346 g/mol. The third kappa shape index (κ3) is 3.71. The van der Waals surface area contributed by atoms with Crippen molar-refractivity contribution in [2.24, 2.45) is 5.73 Å². The molecule has 0 radical (unpaired) electrons. The Morgan fingerprint density at radius 2 is 1.48 bits per heavy atom. The van der Waals surface area contributed by atoms with Gasteiger partial charge in [-0.3, -0.25) is 0 Å². The first kappa shape index (κ1) is 17.2. The SMILES string of the molecule is Cc1nnc(CN)n1Cc1ccc(-c2ccc(C(F)(F)F)cc2)cc1. The van der Waals surface area contributed by atoms with Gasteiger partial charge in [0.25, 0.3) is 0 Å². The van der Waals surface area contributed by atoms with Crippen molar-refractivity contribution in [3.63, 3.8) is 0 Å². The van der Waals surface area contributed by atoms with Crippen molar-refractivity contribution in [1.29, 1.82) is 0 Å². The minimum Gasteiger partial charge on any atom is -0.324 e. The smallest absolute Gasteiger partial charge is 0.324 e. The van der Waals surface area contributed by atoms with Gasteiger partial charge in [0, 0.05) is 0 Å². The molecule has 0 aliphatic carbocycles. The van der Waals surface area contributed by atoms with Gasteiger partial charge in [0.15, 0.2) is 0 Å². The zero-order valence-electron chi connectivity index (χ0n) is 13.6. The lowest BCUT2D eigenvalue weighted by molar-refractivity contribution is -0.137.